The SMILES string of the molecule is Cc1ccc(C(=O)Nc2ccc(NC(=O)Cc3cccs3)c(C)c2)cc1C. The van der Waals surface area contributed by atoms with Crippen LogP contribution in [-0.4, -0.2) is 11.8 Å². The van der Waals surface area contributed by atoms with Gasteiger partial charge in [-0.05, 0) is 79.2 Å². The van der Waals surface area contributed by atoms with Crippen molar-refractivity contribution in [3.63, 3.8) is 0 Å². The summed E-state index contributed by atoms with van der Waals surface area (Å²) in [6, 6.07) is 15.0. The summed E-state index contributed by atoms with van der Waals surface area (Å²) in [6.07, 6.45) is 0.363. The molecule has 2 aromatic carbocycles. The Bertz CT molecular complexity index is 978. The standard InChI is InChI=1S/C22H22N2O2S/c1-14-6-7-17(11-15(14)2)22(26)23-18-8-9-20(16(3)12-18)24-21(25)13-19-5-4-10-27-19/h4-12H,13H2,1-3H3,(H,23,26)(H,24,25). The van der Waals surface area contributed by atoms with Crippen molar-refractivity contribution in [1.82, 2.24) is 0 Å². The van der Waals surface area contributed by atoms with Gasteiger partial charge in [0, 0.05) is 21.8 Å². The zero-order chi connectivity index (χ0) is 19.4. The minimum absolute atomic E-state index is 0.0486. The van der Waals surface area contributed by atoms with Gasteiger partial charge in [-0.15, -0.1) is 11.3 Å². The zero-order valence-electron chi connectivity index (χ0n) is 15.6. The molecule has 27 heavy (non-hydrogen) atoms. The Morgan fingerprint density at radius 3 is 2.37 bits per heavy atom. The molecule has 0 saturated heterocycles. The predicted octanol–water partition coefficient (Wildman–Crippen LogP) is 5.11. The molecule has 4 nitrogen and oxygen atoms in total. The van der Waals surface area contributed by atoms with Gasteiger partial charge in [0.1, 0.15) is 0 Å². The van der Waals surface area contributed by atoms with E-state index in [0.29, 0.717) is 17.7 Å². The highest BCUT2D eigenvalue weighted by Gasteiger charge is 2.10. The van der Waals surface area contributed by atoms with E-state index in [1.165, 1.54) is 0 Å². The summed E-state index contributed by atoms with van der Waals surface area (Å²) in [4.78, 5) is 25.6. The molecule has 138 valence electrons. The smallest absolute Gasteiger partial charge is 0.255 e. The summed E-state index contributed by atoms with van der Waals surface area (Å²) in [7, 11) is 0. The molecular formula is C22H22N2O2S. The van der Waals surface area contributed by atoms with E-state index in [2.05, 4.69) is 10.6 Å². The van der Waals surface area contributed by atoms with Gasteiger partial charge in [-0.2, -0.15) is 0 Å². The van der Waals surface area contributed by atoms with Gasteiger partial charge in [0.25, 0.3) is 5.91 Å². The number of amides is 2. The molecule has 0 atom stereocenters. The van der Waals surface area contributed by atoms with Crippen LogP contribution in [0, 0.1) is 20.8 Å². The monoisotopic (exact) mass is 378 g/mol. The van der Waals surface area contributed by atoms with Gasteiger partial charge in [-0.1, -0.05) is 12.1 Å². The van der Waals surface area contributed by atoms with Crippen molar-refractivity contribution in [2.75, 3.05) is 10.6 Å². The Morgan fingerprint density at radius 1 is 0.889 bits per heavy atom. The number of hydrogen-bond acceptors (Lipinski definition) is 3. The van der Waals surface area contributed by atoms with Gasteiger partial charge in [0.05, 0.1) is 6.42 Å². The lowest BCUT2D eigenvalue weighted by molar-refractivity contribution is -0.115. The average molecular weight is 378 g/mol. The first-order valence-corrected chi connectivity index (χ1v) is 9.62. The van der Waals surface area contributed by atoms with Crippen molar-refractivity contribution in [3.05, 3.63) is 81.0 Å². The lowest BCUT2D eigenvalue weighted by atomic mass is 10.1. The molecule has 0 unspecified atom stereocenters. The number of rotatable bonds is 5. The highest BCUT2D eigenvalue weighted by Crippen LogP contribution is 2.21. The lowest BCUT2D eigenvalue weighted by Crippen LogP contribution is -2.15. The van der Waals surface area contributed by atoms with Crippen LogP contribution in [0.15, 0.2) is 53.9 Å². The van der Waals surface area contributed by atoms with Crippen molar-refractivity contribution < 1.29 is 9.59 Å². The first kappa shape index (κ1) is 18.9. The summed E-state index contributed by atoms with van der Waals surface area (Å²) in [5, 5.41) is 7.80. The Kier molecular flexibility index (Phi) is 5.72. The van der Waals surface area contributed by atoms with E-state index in [-0.39, 0.29) is 11.8 Å². The first-order chi connectivity index (χ1) is 12.9. The molecule has 0 fully saturated rings. The Morgan fingerprint density at radius 2 is 1.70 bits per heavy atom. The maximum atomic E-state index is 12.4. The highest BCUT2D eigenvalue weighted by molar-refractivity contribution is 7.10. The second-order valence-corrected chi connectivity index (χ2v) is 7.62. The van der Waals surface area contributed by atoms with E-state index in [1.54, 1.807) is 17.4 Å². The Hall–Kier alpha value is -2.92. The van der Waals surface area contributed by atoms with E-state index in [9.17, 15) is 9.59 Å². The number of anilines is 2. The van der Waals surface area contributed by atoms with Crippen LogP contribution >= 0.6 is 11.3 Å². The quantitative estimate of drug-likeness (QED) is 0.648. The van der Waals surface area contributed by atoms with Crippen LogP contribution in [0.4, 0.5) is 11.4 Å². The van der Waals surface area contributed by atoms with E-state index in [1.807, 2.05) is 68.6 Å². The lowest BCUT2D eigenvalue weighted by Gasteiger charge is -2.11. The van der Waals surface area contributed by atoms with Crippen molar-refractivity contribution in [2.45, 2.75) is 27.2 Å². The summed E-state index contributed by atoms with van der Waals surface area (Å²) >= 11 is 1.57. The van der Waals surface area contributed by atoms with Gasteiger partial charge in [-0.25, -0.2) is 0 Å². The van der Waals surface area contributed by atoms with Crippen molar-refractivity contribution >= 4 is 34.5 Å². The van der Waals surface area contributed by atoms with Crippen LogP contribution in [0.1, 0.15) is 31.9 Å². The molecule has 0 spiro atoms. The Balaban J connectivity index is 1.66. The van der Waals surface area contributed by atoms with Gasteiger partial charge in [0.2, 0.25) is 5.91 Å². The van der Waals surface area contributed by atoms with Gasteiger partial charge < -0.3 is 10.6 Å². The zero-order valence-corrected chi connectivity index (χ0v) is 16.4. The summed E-state index contributed by atoms with van der Waals surface area (Å²) in [6.45, 7) is 5.92. The fraction of sp³-hybridized carbons (Fsp3) is 0.182. The first-order valence-electron chi connectivity index (χ1n) is 8.74. The third-order valence-corrected chi connectivity index (χ3v) is 5.32. The molecule has 2 amide bonds. The molecule has 0 aliphatic rings. The topological polar surface area (TPSA) is 58.2 Å². The molecule has 3 aromatic rings. The molecule has 0 aliphatic heterocycles. The predicted molar refractivity (Wildman–Crippen MR) is 112 cm³/mol. The number of carbonyl (C=O) groups is 2. The molecule has 3 rings (SSSR count). The van der Waals surface area contributed by atoms with Crippen molar-refractivity contribution in [3.8, 4) is 0 Å². The van der Waals surface area contributed by atoms with Crippen molar-refractivity contribution in [1.29, 1.82) is 0 Å². The average Bonchev–Trinajstić information content (AvgIpc) is 3.12. The van der Waals surface area contributed by atoms with Crippen LogP contribution in [0.25, 0.3) is 0 Å². The largest absolute Gasteiger partial charge is 0.326 e. The number of nitrogens with one attached hydrogen (secondary N) is 2. The third kappa shape index (κ3) is 4.83. The number of carbonyl (C=O) groups excluding carboxylic acids is 2. The molecule has 1 aromatic heterocycles. The molecule has 0 bridgehead atoms. The molecule has 1 heterocycles. The number of hydrogen-bond donors (Lipinski definition) is 2. The number of thiophene rings is 1. The maximum Gasteiger partial charge on any atom is 0.255 e. The fourth-order valence-corrected chi connectivity index (χ4v) is 3.44. The van der Waals surface area contributed by atoms with Crippen molar-refractivity contribution in [2.24, 2.45) is 0 Å². The van der Waals surface area contributed by atoms with E-state index < -0.39 is 0 Å². The second-order valence-electron chi connectivity index (χ2n) is 6.59. The molecule has 2 N–H and O–H groups in total. The summed E-state index contributed by atoms with van der Waals surface area (Å²) in [5.41, 5.74) is 5.22. The fourth-order valence-electron chi connectivity index (χ4n) is 2.73. The minimum Gasteiger partial charge on any atom is -0.326 e. The minimum atomic E-state index is -0.146. The number of aryl methyl sites for hydroxylation is 3. The molecule has 0 radical (unpaired) electrons. The van der Waals surface area contributed by atoms with Crippen LogP contribution < -0.4 is 10.6 Å². The van der Waals surface area contributed by atoms with E-state index in [0.717, 1.165) is 27.3 Å². The number of benzene rings is 2. The van der Waals surface area contributed by atoms with Crippen LogP contribution in [0.5, 0.6) is 0 Å². The second kappa shape index (κ2) is 8.18. The molecule has 0 saturated carbocycles. The van der Waals surface area contributed by atoms with Crippen LogP contribution in [0.3, 0.4) is 0 Å². The van der Waals surface area contributed by atoms with Gasteiger partial charge in [0.15, 0.2) is 0 Å². The van der Waals surface area contributed by atoms with Gasteiger partial charge in [-0.3, -0.25) is 9.59 Å². The Labute approximate surface area is 163 Å². The van der Waals surface area contributed by atoms with Crippen LogP contribution in [0.2, 0.25) is 0 Å². The van der Waals surface area contributed by atoms with E-state index >= 15 is 0 Å². The summed E-state index contributed by atoms with van der Waals surface area (Å²) in [5.74, 6) is -0.195. The summed E-state index contributed by atoms with van der Waals surface area (Å²) < 4.78 is 0. The van der Waals surface area contributed by atoms with Crippen LogP contribution in [-0.2, 0) is 11.2 Å². The maximum absolute atomic E-state index is 12.4. The third-order valence-electron chi connectivity index (χ3n) is 4.44. The van der Waals surface area contributed by atoms with Gasteiger partial charge >= 0.3 is 0 Å². The van der Waals surface area contributed by atoms with E-state index in [4.69, 9.17) is 0 Å². The molecule has 0 aliphatic carbocycles. The highest BCUT2D eigenvalue weighted by atomic mass is 32.1. The molecular weight excluding hydrogens is 356 g/mol. The molecule has 5 heteroatoms. The normalized spacial score (nSPS) is 10.5.